The van der Waals surface area contributed by atoms with Gasteiger partial charge in [-0.3, -0.25) is 0 Å². The molecule has 4 heterocycles. The molecule has 0 N–H and O–H groups in total. The Morgan fingerprint density at radius 1 is 0.537 bits per heavy atom. The summed E-state index contributed by atoms with van der Waals surface area (Å²) in [5, 5.41) is 4.87. The summed E-state index contributed by atoms with van der Waals surface area (Å²) < 4.78 is 9.71. The number of fused-ring (bicyclic) bond motifs is 11. The summed E-state index contributed by atoms with van der Waals surface area (Å²) in [7, 11) is 0. The van der Waals surface area contributed by atoms with Crippen LogP contribution in [0.25, 0.3) is 66.0 Å². The molecule has 0 bridgehead atoms. The quantitative estimate of drug-likeness (QED) is 0.168. The van der Waals surface area contributed by atoms with Gasteiger partial charge in [-0.25, -0.2) is 0 Å². The topological polar surface area (TPSA) is 21.3 Å². The van der Waals surface area contributed by atoms with E-state index in [1.54, 1.807) is 0 Å². The van der Waals surface area contributed by atoms with Crippen molar-refractivity contribution in [2.45, 2.75) is 52.4 Å². The van der Waals surface area contributed by atoms with Crippen LogP contribution in [0.3, 0.4) is 0 Å². The van der Waals surface area contributed by atoms with E-state index in [1.807, 2.05) is 0 Å². The van der Waals surface area contributed by atoms with Gasteiger partial charge in [-0.05, 0) is 86.0 Å². The van der Waals surface area contributed by atoms with Crippen LogP contribution in [-0.4, -0.2) is 11.3 Å². The van der Waals surface area contributed by atoms with Crippen molar-refractivity contribution in [3.63, 3.8) is 0 Å². The molecule has 0 aliphatic carbocycles. The molecule has 0 fully saturated rings. The summed E-state index contributed by atoms with van der Waals surface area (Å²) in [6, 6.07) is 52.0. The second-order valence-corrected chi connectivity index (χ2v) is 17.4. The van der Waals surface area contributed by atoms with Gasteiger partial charge in [0, 0.05) is 49.5 Å². The van der Waals surface area contributed by atoms with Crippen LogP contribution in [0.4, 0.5) is 17.1 Å². The highest BCUT2D eigenvalue weighted by atomic mass is 16.3. The molecule has 11 rings (SSSR count). The van der Waals surface area contributed by atoms with E-state index in [0.717, 1.165) is 33.3 Å². The Balaban J connectivity index is 1.36. The van der Waals surface area contributed by atoms with Crippen molar-refractivity contribution >= 4 is 78.6 Å². The first-order valence-corrected chi connectivity index (χ1v) is 19.2. The second kappa shape index (κ2) is 10.8. The van der Waals surface area contributed by atoms with Gasteiger partial charge in [0.1, 0.15) is 5.58 Å². The molecule has 54 heavy (non-hydrogen) atoms. The van der Waals surface area contributed by atoms with Gasteiger partial charge in [0.05, 0.1) is 5.69 Å². The standard InChI is InChI=1S/C50H41BN2O/c1-49(2,3)32-26-33(50(4,5)6)28-34(27-32)52-43-25-31(30-15-8-7-9-16-30)23-24-41(43)51-45-39(29-40-36-18-11-13-22-44(36)54-48(40)47(45)52)38-20-14-19-37-35-17-10-12-21-42(35)53(51)46(37)38/h7-29H,1-6H3. The first-order chi connectivity index (χ1) is 26.1. The molecule has 260 valence electrons. The SMILES string of the molecule is CC(C)(C)c1cc(N2c3cc(-c4ccccc4)ccc3B3c4c(cc5c(oc6ccccc65)c42)-c2cccc4c5ccccc5n3c24)cc(C(C)(C)C)c1. The Morgan fingerprint density at radius 2 is 1.22 bits per heavy atom. The summed E-state index contributed by atoms with van der Waals surface area (Å²) in [5.41, 5.74) is 17.9. The van der Waals surface area contributed by atoms with Gasteiger partial charge in [0.15, 0.2) is 5.58 Å². The van der Waals surface area contributed by atoms with Crippen LogP contribution in [0, 0.1) is 0 Å². The van der Waals surface area contributed by atoms with E-state index in [-0.39, 0.29) is 17.7 Å². The molecule has 0 atom stereocenters. The minimum absolute atomic E-state index is 0.0531. The lowest BCUT2D eigenvalue weighted by Crippen LogP contribution is -2.56. The number of aromatic nitrogens is 1. The predicted molar refractivity (Wildman–Crippen MR) is 230 cm³/mol. The fraction of sp³-hybridized carbons (Fsp3) is 0.160. The number of furan rings is 1. The Labute approximate surface area is 316 Å². The molecule has 2 aliphatic heterocycles. The number of hydrogen-bond acceptors (Lipinski definition) is 2. The van der Waals surface area contributed by atoms with Gasteiger partial charge in [0.2, 0.25) is 0 Å². The first-order valence-electron chi connectivity index (χ1n) is 19.2. The molecule has 4 heteroatoms. The fourth-order valence-corrected chi connectivity index (χ4v) is 9.31. The van der Waals surface area contributed by atoms with Gasteiger partial charge in [0.25, 0.3) is 0 Å². The zero-order valence-electron chi connectivity index (χ0n) is 31.7. The maximum Gasteiger partial charge on any atom is 0.333 e. The Morgan fingerprint density at radius 3 is 1.98 bits per heavy atom. The highest BCUT2D eigenvalue weighted by Gasteiger charge is 2.45. The average molecular weight is 697 g/mol. The maximum atomic E-state index is 7.08. The molecule has 0 unspecified atom stereocenters. The number of nitrogens with zero attached hydrogens (tertiary/aromatic N) is 2. The summed E-state index contributed by atoms with van der Waals surface area (Å²) in [6.07, 6.45) is 0. The van der Waals surface area contributed by atoms with Gasteiger partial charge in [-0.1, -0.05) is 145 Å². The van der Waals surface area contributed by atoms with Crippen molar-refractivity contribution < 1.29 is 4.42 Å². The monoisotopic (exact) mass is 696 g/mol. The second-order valence-electron chi connectivity index (χ2n) is 17.4. The highest BCUT2D eigenvalue weighted by molar-refractivity contribution is 6.90. The Kier molecular flexibility index (Phi) is 6.30. The lowest BCUT2D eigenvalue weighted by Gasteiger charge is -2.41. The first kappa shape index (κ1) is 31.5. The smallest absolute Gasteiger partial charge is 0.333 e. The highest BCUT2D eigenvalue weighted by Crippen LogP contribution is 2.50. The van der Waals surface area contributed by atoms with Crippen molar-refractivity contribution in [1.29, 1.82) is 0 Å². The van der Waals surface area contributed by atoms with E-state index in [0.29, 0.717) is 0 Å². The zero-order chi connectivity index (χ0) is 36.7. The summed E-state index contributed by atoms with van der Waals surface area (Å²) in [4.78, 5) is 2.56. The molecule has 0 amide bonds. The largest absolute Gasteiger partial charge is 0.454 e. The molecule has 0 spiro atoms. The molecule has 3 nitrogen and oxygen atoms in total. The normalized spacial score (nSPS) is 13.7. The Bertz CT molecular complexity index is 2990. The van der Waals surface area contributed by atoms with Crippen molar-refractivity contribution in [3.05, 3.63) is 151 Å². The number of hydrogen-bond donors (Lipinski definition) is 0. The summed E-state index contributed by atoms with van der Waals surface area (Å²) >= 11 is 0. The third-order valence-corrected chi connectivity index (χ3v) is 12.0. The van der Waals surface area contributed by atoms with Crippen LogP contribution in [0.15, 0.2) is 144 Å². The van der Waals surface area contributed by atoms with Gasteiger partial charge in [-0.2, -0.15) is 0 Å². The number of benzene rings is 7. The third kappa shape index (κ3) is 4.31. The average Bonchev–Trinajstić information content (AvgIpc) is 3.72. The van der Waals surface area contributed by atoms with Crippen molar-refractivity contribution in [2.75, 3.05) is 4.90 Å². The summed E-state index contributed by atoms with van der Waals surface area (Å²) in [6.45, 7) is 13.9. The van der Waals surface area contributed by atoms with E-state index in [9.17, 15) is 0 Å². The van der Waals surface area contributed by atoms with Crippen LogP contribution < -0.4 is 15.8 Å². The molecule has 2 aromatic heterocycles. The lowest BCUT2D eigenvalue weighted by atomic mass is 9.45. The molecular weight excluding hydrogens is 655 g/mol. The molecule has 0 saturated heterocycles. The van der Waals surface area contributed by atoms with Crippen molar-refractivity contribution in [1.82, 2.24) is 4.48 Å². The minimum atomic E-state index is -0.0612. The maximum absolute atomic E-state index is 7.08. The van der Waals surface area contributed by atoms with Crippen molar-refractivity contribution in [3.8, 4) is 22.3 Å². The van der Waals surface area contributed by atoms with Gasteiger partial charge >= 0.3 is 6.85 Å². The molecule has 7 aromatic carbocycles. The third-order valence-electron chi connectivity index (χ3n) is 12.0. The van der Waals surface area contributed by atoms with E-state index < -0.39 is 0 Å². The minimum Gasteiger partial charge on any atom is -0.454 e. The van der Waals surface area contributed by atoms with Crippen LogP contribution in [-0.2, 0) is 10.8 Å². The molecule has 0 radical (unpaired) electrons. The number of para-hydroxylation sites is 3. The zero-order valence-corrected chi connectivity index (χ0v) is 31.7. The van der Waals surface area contributed by atoms with E-state index in [2.05, 4.69) is 190 Å². The molecule has 0 saturated carbocycles. The predicted octanol–water partition coefficient (Wildman–Crippen LogP) is 12.4. The van der Waals surface area contributed by atoms with Gasteiger partial charge in [-0.15, -0.1) is 0 Å². The number of anilines is 3. The van der Waals surface area contributed by atoms with Crippen LogP contribution in [0.1, 0.15) is 52.7 Å². The fourth-order valence-electron chi connectivity index (χ4n) is 9.31. The molecular formula is C50H41BN2O. The number of rotatable bonds is 2. The Hall–Kier alpha value is -6.00. The van der Waals surface area contributed by atoms with E-state index >= 15 is 0 Å². The molecule has 2 aliphatic rings. The van der Waals surface area contributed by atoms with Crippen molar-refractivity contribution in [2.24, 2.45) is 0 Å². The molecule has 9 aromatic rings. The van der Waals surface area contributed by atoms with Crippen LogP contribution in [0.2, 0.25) is 0 Å². The van der Waals surface area contributed by atoms with Crippen LogP contribution in [0.5, 0.6) is 0 Å². The van der Waals surface area contributed by atoms with Gasteiger partial charge < -0.3 is 13.8 Å². The lowest BCUT2D eigenvalue weighted by molar-refractivity contribution is 0.569. The van der Waals surface area contributed by atoms with E-state index in [4.69, 9.17) is 4.42 Å². The van der Waals surface area contributed by atoms with E-state index in [1.165, 1.54) is 71.8 Å². The summed E-state index contributed by atoms with van der Waals surface area (Å²) in [5.74, 6) is 0. The van der Waals surface area contributed by atoms with Crippen LogP contribution >= 0.6 is 0 Å².